The minimum Gasteiger partial charge on any atom is -0.478 e. The second-order valence-electron chi connectivity index (χ2n) is 4.23. The Labute approximate surface area is 109 Å². The summed E-state index contributed by atoms with van der Waals surface area (Å²) < 4.78 is 0. The van der Waals surface area contributed by atoms with E-state index < -0.39 is 5.97 Å². The number of aryl methyl sites for hydroxylation is 2. The van der Waals surface area contributed by atoms with Crippen LogP contribution in [0.4, 0.5) is 5.69 Å². The van der Waals surface area contributed by atoms with Crippen LogP contribution in [0.5, 0.6) is 0 Å². The average molecular weight is 247 g/mol. The fraction of sp³-hybridized carbons (Fsp3) is 0.400. The van der Waals surface area contributed by atoms with Crippen molar-refractivity contribution in [3.05, 3.63) is 41.0 Å². The highest BCUT2D eigenvalue weighted by atomic mass is 16.4. The standard InChI is InChI=1S/C15H21NO2/c1-4-12-7-6-8-13(5-2)14(12)16-10-9-11(3)15(17)18/h6-9,16H,4-5,10H2,1-3H3,(H,17,18)/b11-9-. The molecular weight excluding hydrogens is 226 g/mol. The van der Waals surface area contributed by atoms with Crippen LogP contribution in [-0.2, 0) is 17.6 Å². The van der Waals surface area contributed by atoms with Gasteiger partial charge in [0.05, 0.1) is 0 Å². The predicted molar refractivity (Wildman–Crippen MR) is 75.1 cm³/mol. The SMILES string of the molecule is CCc1cccc(CC)c1NC/C=C(/C)C(=O)O. The van der Waals surface area contributed by atoms with Gasteiger partial charge in [0.2, 0.25) is 0 Å². The number of hydrogen-bond donors (Lipinski definition) is 2. The maximum Gasteiger partial charge on any atom is 0.331 e. The largest absolute Gasteiger partial charge is 0.478 e. The van der Waals surface area contributed by atoms with Crippen molar-refractivity contribution >= 4 is 11.7 Å². The normalized spacial score (nSPS) is 11.4. The summed E-state index contributed by atoms with van der Waals surface area (Å²) in [4.78, 5) is 10.7. The molecule has 0 radical (unpaired) electrons. The van der Waals surface area contributed by atoms with Crippen molar-refractivity contribution in [2.45, 2.75) is 33.6 Å². The van der Waals surface area contributed by atoms with Crippen molar-refractivity contribution in [3.8, 4) is 0 Å². The molecule has 1 aromatic carbocycles. The van der Waals surface area contributed by atoms with Gasteiger partial charge in [0.15, 0.2) is 0 Å². The summed E-state index contributed by atoms with van der Waals surface area (Å²) in [5.74, 6) is -0.865. The van der Waals surface area contributed by atoms with Gasteiger partial charge in [-0.05, 0) is 30.9 Å². The van der Waals surface area contributed by atoms with Crippen molar-refractivity contribution in [2.75, 3.05) is 11.9 Å². The van der Waals surface area contributed by atoms with E-state index in [1.54, 1.807) is 13.0 Å². The Morgan fingerprint density at radius 1 is 1.28 bits per heavy atom. The summed E-state index contributed by atoms with van der Waals surface area (Å²) >= 11 is 0. The molecule has 0 heterocycles. The molecule has 0 aliphatic rings. The van der Waals surface area contributed by atoms with Gasteiger partial charge in [-0.25, -0.2) is 4.79 Å². The van der Waals surface area contributed by atoms with E-state index >= 15 is 0 Å². The predicted octanol–water partition coefficient (Wildman–Crippen LogP) is 3.25. The third kappa shape index (κ3) is 3.62. The van der Waals surface area contributed by atoms with Crippen molar-refractivity contribution in [1.82, 2.24) is 0 Å². The molecule has 3 nitrogen and oxygen atoms in total. The maximum atomic E-state index is 10.7. The monoisotopic (exact) mass is 247 g/mol. The Hall–Kier alpha value is -1.77. The molecule has 18 heavy (non-hydrogen) atoms. The molecular formula is C15H21NO2. The van der Waals surface area contributed by atoms with Crippen molar-refractivity contribution < 1.29 is 9.90 Å². The molecule has 98 valence electrons. The average Bonchev–Trinajstić information content (AvgIpc) is 2.38. The Kier molecular flexibility index (Phi) is 5.43. The summed E-state index contributed by atoms with van der Waals surface area (Å²) in [6.45, 7) is 6.40. The number of carbonyl (C=O) groups is 1. The molecule has 2 N–H and O–H groups in total. The molecule has 0 bridgehead atoms. The molecule has 1 rings (SSSR count). The van der Waals surface area contributed by atoms with Crippen LogP contribution < -0.4 is 5.32 Å². The number of aliphatic carboxylic acids is 1. The summed E-state index contributed by atoms with van der Waals surface area (Å²) in [7, 11) is 0. The van der Waals surface area contributed by atoms with Crippen LogP contribution in [0, 0.1) is 0 Å². The number of rotatable bonds is 6. The first kappa shape index (κ1) is 14.3. The molecule has 0 amide bonds. The fourth-order valence-corrected chi connectivity index (χ4v) is 1.86. The van der Waals surface area contributed by atoms with Crippen LogP contribution >= 0.6 is 0 Å². The van der Waals surface area contributed by atoms with Crippen LogP contribution in [-0.4, -0.2) is 17.6 Å². The number of carboxylic acids is 1. The number of nitrogens with one attached hydrogen (secondary N) is 1. The maximum absolute atomic E-state index is 10.7. The molecule has 3 heteroatoms. The number of carboxylic acid groups (broad SMARTS) is 1. The first-order valence-corrected chi connectivity index (χ1v) is 6.34. The van der Waals surface area contributed by atoms with E-state index in [9.17, 15) is 4.79 Å². The minimum absolute atomic E-state index is 0.370. The van der Waals surface area contributed by atoms with Gasteiger partial charge in [-0.1, -0.05) is 38.1 Å². The van der Waals surface area contributed by atoms with E-state index in [2.05, 4.69) is 37.4 Å². The zero-order chi connectivity index (χ0) is 13.5. The Morgan fingerprint density at radius 3 is 2.28 bits per heavy atom. The Morgan fingerprint density at radius 2 is 1.83 bits per heavy atom. The van der Waals surface area contributed by atoms with Crippen LogP contribution in [0.25, 0.3) is 0 Å². The number of anilines is 1. The van der Waals surface area contributed by atoms with Crippen LogP contribution in [0.1, 0.15) is 31.9 Å². The van der Waals surface area contributed by atoms with Gasteiger partial charge < -0.3 is 10.4 Å². The summed E-state index contributed by atoms with van der Waals surface area (Å²) in [5.41, 5.74) is 4.07. The van der Waals surface area contributed by atoms with E-state index in [1.165, 1.54) is 11.1 Å². The second kappa shape index (κ2) is 6.84. The highest BCUT2D eigenvalue weighted by Gasteiger charge is 2.05. The number of benzene rings is 1. The third-order valence-electron chi connectivity index (χ3n) is 3.02. The molecule has 0 aromatic heterocycles. The van der Waals surface area contributed by atoms with E-state index in [-0.39, 0.29) is 0 Å². The Balaban J connectivity index is 2.83. The van der Waals surface area contributed by atoms with Gasteiger partial charge in [-0.15, -0.1) is 0 Å². The first-order valence-electron chi connectivity index (χ1n) is 6.34. The van der Waals surface area contributed by atoms with Crippen molar-refractivity contribution in [2.24, 2.45) is 0 Å². The lowest BCUT2D eigenvalue weighted by atomic mass is 10.0. The van der Waals surface area contributed by atoms with Gasteiger partial charge in [0.25, 0.3) is 0 Å². The molecule has 0 saturated carbocycles. The van der Waals surface area contributed by atoms with Gasteiger partial charge in [0, 0.05) is 17.8 Å². The molecule has 0 saturated heterocycles. The van der Waals surface area contributed by atoms with Crippen LogP contribution in [0.15, 0.2) is 29.8 Å². The van der Waals surface area contributed by atoms with Gasteiger partial charge in [0.1, 0.15) is 0 Å². The van der Waals surface area contributed by atoms with Crippen LogP contribution in [0.3, 0.4) is 0 Å². The van der Waals surface area contributed by atoms with Gasteiger partial charge >= 0.3 is 5.97 Å². The zero-order valence-electron chi connectivity index (χ0n) is 11.3. The van der Waals surface area contributed by atoms with Crippen molar-refractivity contribution in [1.29, 1.82) is 0 Å². The lowest BCUT2D eigenvalue weighted by molar-refractivity contribution is -0.132. The summed E-state index contributed by atoms with van der Waals surface area (Å²) in [5, 5.41) is 12.1. The second-order valence-corrected chi connectivity index (χ2v) is 4.23. The zero-order valence-corrected chi connectivity index (χ0v) is 11.3. The molecule has 0 unspecified atom stereocenters. The van der Waals surface area contributed by atoms with Gasteiger partial charge in [-0.3, -0.25) is 0 Å². The summed E-state index contributed by atoms with van der Waals surface area (Å²) in [6.07, 6.45) is 3.64. The highest BCUT2D eigenvalue weighted by Crippen LogP contribution is 2.22. The van der Waals surface area contributed by atoms with E-state index in [0.717, 1.165) is 18.5 Å². The fourth-order valence-electron chi connectivity index (χ4n) is 1.86. The topological polar surface area (TPSA) is 49.3 Å². The Bertz CT molecular complexity index is 428. The number of para-hydroxylation sites is 1. The molecule has 0 fully saturated rings. The lowest BCUT2D eigenvalue weighted by Gasteiger charge is -2.14. The molecule has 0 spiro atoms. The van der Waals surface area contributed by atoms with E-state index in [0.29, 0.717) is 12.1 Å². The number of hydrogen-bond acceptors (Lipinski definition) is 2. The van der Waals surface area contributed by atoms with E-state index in [4.69, 9.17) is 5.11 Å². The smallest absolute Gasteiger partial charge is 0.331 e. The lowest BCUT2D eigenvalue weighted by Crippen LogP contribution is -2.07. The third-order valence-corrected chi connectivity index (χ3v) is 3.02. The minimum atomic E-state index is -0.865. The molecule has 0 aliphatic heterocycles. The van der Waals surface area contributed by atoms with E-state index in [1.807, 2.05) is 0 Å². The highest BCUT2D eigenvalue weighted by molar-refractivity contribution is 5.85. The van der Waals surface area contributed by atoms with Gasteiger partial charge in [-0.2, -0.15) is 0 Å². The quantitative estimate of drug-likeness (QED) is 0.759. The van der Waals surface area contributed by atoms with Crippen LogP contribution in [0.2, 0.25) is 0 Å². The summed E-state index contributed by atoms with van der Waals surface area (Å²) in [6, 6.07) is 6.28. The molecule has 1 aromatic rings. The van der Waals surface area contributed by atoms with Crippen molar-refractivity contribution in [3.63, 3.8) is 0 Å². The molecule has 0 aliphatic carbocycles. The first-order chi connectivity index (χ1) is 8.60. The molecule has 0 atom stereocenters.